The summed E-state index contributed by atoms with van der Waals surface area (Å²) in [6.45, 7) is 6.99. The Hall–Kier alpha value is -3.55. The smallest absolute Gasteiger partial charge is 0.344 e. The number of esters is 1. The molecule has 3 N–H and O–H groups in total. The standard InChI is InChI=1S/C21H23N3O5/c1-11-7-12(2)19(13(3)8-11)28-10-18(25)29-14(4)20(26)22-15-5-6-16-17(9-15)24-21(27)23-16/h5-9,14H,10H2,1-4H3,(H,22,26)(H2,23,24,27)/t14-/m0/s1. The highest BCUT2D eigenvalue weighted by molar-refractivity contribution is 5.96. The largest absolute Gasteiger partial charge is 0.481 e. The molecule has 2 aromatic carbocycles. The number of anilines is 1. The van der Waals surface area contributed by atoms with Gasteiger partial charge in [0.1, 0.15) is 5.75 Å². The number of amides is 1. The van der Waals surface area contributed by atoms with Crippen molar-refractivity contribution in [2.45, 2.75) is 33.8 Å². The number of nitrogens with one attached hydrogen (secondary N) is 3. The highest BCUT2D eigenvalue weighted by Gasteiger charge is 2.19. The van der Waals surface area contributed by atoms with Crippen LogP contribution >= 0.6 is 0 Å². The minimum atomic E-state index is -1.01. The van der Waals surface area contributed by atoms with E-state index in [0.29, 0.717) is 22.5 Å². The van der Waals surface area contributed by atoms with Crippen LogP contribution in [0.1, 0.15) is 23.6 Å². The number of fused-ring (bicyclic) bond motifs is 1. The molecule has 0 bridgehead atoms. The molecule has 8 nitrogen and oxygen atoms in total. The molecule has 1 aromatic heterocycles. The van der Waals surface area contributed by atoms with Gasteiger partial charge in [0.2, 0.25) is 0 Å². The number of H-pyrrole nitrogens is 2. The second-order valence-electron chi connectivity index (χ2n) is 6.98. The first-order chi connectivity index (χ1) is 13.7. The van der Waals surface area contributed by atoms with Crippen LogP contribution in [-0.2, 0) is 14.3 Å². The van der Waals surface area contributed by atoms with Crippen LogP contribution in [0, 0.1) is 20.8 Å². The minimum Gasteiger partial charge on any atom is -0.481 e. The Labute approximate surface area is 167 Å². The van der Waals surface area contributed by atoms with Gasteiger partial charge in [0, 0.05) is 5.69 Å². The summed E-state index contributed by atoms with van der Waals surface area (Å²) in [7, 11) is 0. The van der Waals surface area contributed by atoms with Crippen LogP contribution in [-0.4, -0.2) is 34.6 Å². The topological polar surface area (TPSA) is 113 Å². The monoisotopic (exact) mass is 397 g/mol. The zero-order valence-corrected chi connectivity index (χ0v) is 16.7. The number of hydrogen-bond donors (Lipinski definition) is 3. The van der Waals surface area contributed by atoms with Crippen LogP contribution < -0.4 is 15.7 Å². The van der Waals surface area contributed by atoms with Crippen molar-refractivity contribution in [3.8, 4) is 5.75 Å². The van der Waals surface area contributed by atoms with Crippen molar-refractivity contribution in [3.05, 3.63) is 57.5 Å². The van der Waals surface area contributed by atoms with E-state index >= 15 is 0 Å². The van der Waals surface area contributed by atoms with Gasteiger partial charge in [-0.05, 0) is 57.0 Å². The summed E-state index contributed by atoms with van der Waals surface area (Å²) < 4.78 is 10.8. The Balaban J connectivity index is 1.55. The molecule has 0 spiro atoms. The van der Waals surface area contributed by atoms with Crippen LogP contribution in [0.15, 0.2) is 35.1 Å². The maximum Gasteiger partial charge on any atom is 0.344 e. The van der Waals surface area contributed by atoms with Crippen molar-refractivity contribution >= 4 is 28.6 Å². The molecule has 152 valence electrons. The van der Waals surface area contributed by atoms with Gasteiger partial charge < -0.3 is 24.8 Å². The summed E-state index contributed by atoms with van der Waals surface area (Å²) in [6, 6.07) is 8.87. The van der Waals surface area contributed by atoms with E-state index in [1.165, 1.54) is 6.92 Å². The van der Waals surface area contributed by atoms with Crippen LogP contribution in [0.4, 0.5) is 5.69 Å². The van der Waals surface area contributed by atoms with Crippen molar-refractivity contribution < 1.29 is 19.1 Å². The molecule has 1 amide bonds. The second-order valence-corrected chi connectivity index (χ2v) is 6.98. The summed E-state index contributed by atoms with van der Waals surface area (Å²) in [5, 5.41) is 2.65. The fourth-order valence-corrected chi connectivity index (χ4v) is 3.16. The van der Waals surface area contributed by atoms with E-state index in [2.05, 4.69) is 15.3 Å². The van der Waals surface area contributed by atoms with E-state index in [9.17, 15) is 14.4 Å². The zero-order chi connectivity index (χ0) is 21.1. The highest BCUT2D eigenvalue weighted by Crippen LogP contribution is 2.24. The van der Waals surface area contributed by atoms with Crippen molar-refractivity contribution in [2.75, 3.05) is 11.9 Å². The fourth-order valence-electron chi connectivity index (χ4n) is 3.16. The highest BCUT2D eigenvalue weighted by atomic mass is 16.6. The first-order valence-electron chi connectivity index (χ1n) is 9.16. The molecular weight excluding hydrogens is 374 g/mol. The molecule has 1 atom stereocenters. The maximum absolute atomic E-state index is 12.3. The number of ether oxygens (including phenoxy) is 2. The Bertz CT molecular complexity index is 1110. The molecule has 1 heterocycles. The predicted octanol–water partition coefficient (Wildman–Crippen LogP) is 2.73. The number of benzene rings is 2. The molecule has 0 fully saturated rings. The average Bonchev–Trinajstić information content (AvgIpc) is 2.99. The lowest BCUT2D eigenvalue weighted by atomic mass is 10.1. The van der Waals surface area contributed by atoms with E-state index in [0.717, 1.165) is 16.7 Å². The molecule has 0 aliphatic rings. The van der Waals surface area contributed by atoms with E-state index in [1.54, 1.807) is 18.2 Å². The number of aryl methyl sites for hydroxylation is 3. The Morgan fingerprint density at radius 3 is 2.38 bits per heavy atom. The van der Waals surface area contributed by atoms with Gasteiger partial charge in [-0.2, -0.15) is 0 Å². The van der Waals surface area contributed by atoms with Gasteiger partial charge in [-0.15, -0.1) is 0 Å². The normalized spacial score (nSPS) is 11.9. The van der Waals surface area contributed by atoms with E-state index < -0.39 is 18.0 Å². The molecule has 0 aliphatic heterocycles. The molecule has 29 heavy (non-hydrogen) atoms. The number of rotatable bonds is 6. The summed E-state index contributed by atoms with van der Waals surface area (Å²) in [5.41, 5.74) is 4.31. The molecule has 0 unspecified atom stereocenters. The number of aromatic nitrogens is 2. The van der Waals surface area contributed by atoms with E-state index in [1.807, 2.05) is 32.9 Å². The molecule has 3 aromatic rings. The molecule has 0 saturated heterocycles. The van der Waals surface area contributed by atoms with Crippen molar-refractivity contribution in [1.29, 1.82) is 0 Å². The minimum absolute atomic E-state index is 0.293. The summed E-state index contributed by atoms with van der Waals surface area (Å²) >= 11 is 0. The molecular formula is C21H23N3O5. The molecule has 3 rings (SSSR count). The fraction of sp³-hybridized carbons (Fsp3) is 0.286. The van der Waals surface area contributed by atoms with Crippen molar-refractivity contribution in [1.82, 2.24) is 9.97 Å². The van der Waals surface area contributed by atoms with Crippen molar-refractivity contribution in [3.63, 3.8) is 0 Å². The molecule has 0 aliphatic carbocycles. The number of carbonyl (C=O) groups is 2. The second kappa shape index (κ2) is 8.22. The SMILES string of the molecule is Cc1cc(C)c(OCC(=O)O[C@@H](C)C(=O)Nc2ccc3[nH]c(=O)[nH]c3c2)c(C)c1. The Kier molecular flexibility index (Phi) is 5.72. The predicted molar refractivity (Wildman–Crippen MR) is 109 cm³/mol. The van der Waals surface area contributed by atoms with E-state index in [-0.39, 0.29) is 12.3 Å². The maximum atomic E-state index is 12.3. The van der Waals surface area contributed by atoms with Crippen LogP contribution in [0.3, 0.4) is 0 Å². The zero-order valence-electron chi connectivity index (χ0n) is 16.7. The van der Waals surface area contributed by atoms with Gasteiger partial charge in [-0.3, -0.25) is 4.79 Å². The van der Waals surface area contributed by atoms with Gasteiger partial charge in [0.25, 0.3) is 5.91 Å². The lowest BCUT2D eigenvalue weighted by Gasteiger charge is -2.15. The molecule has 0 radical (unpaired) electrons. The lowest BCUT2D eigenvalue weighted by molar-refractivity contribution is -0.155. The van der Waals surface area contributed by atoms with Crippen LogP contribution in [0.5, 0.6) is 5.75 Å². The van der Waals surface area contributed by atoms with Gasteiger partial charge >= 0.3 is 11.7 Å². The molecule has 8 heteroatoms. The number of hydrogen-bond acceptors (Lipinski definition) is 5. The summed E-state index contributed by atoms with van der Waals surface area (Å²) in [5.74, 6) is -0.492. The third-order valence-corrected chi connectivity index (χ3v) is 4.40. The first kappa shape index (κ1) is 20.2. The third-order valence-electron chi connectivity index (χ3n) is 4.40. The summed E-state index contributed by atoms with van der Waals surface area (Å²) in [6.07, 6.45) is -1.01. The number of imidazole rings is 1. The summed E-state index contributed by atoms with van der Waals surface area (Å²) in [4.78, 5) is 40.9. The number of aromatic amines is 2. The van der Waals surface area contributed by atoms with Gasteiger partial charge in [-0.25, -0.2) is 9.59 Å². The van der Waals surface area contributed by atoms with Crippen LogP contribution in [0.25, 0.3) is 11.0 Å². The van der Waals surface area contributed by atoms with Gasteiger partial charge in [0.15, 0.2) is 12.7 Å². The van der Waals surface area contributed by atoms with Gasteiger partial charge in [-0.1, -0.05) is 17.7 Å². The average molecular weight is 397 g/mol. The molecule has 0 saturated carbocycles. The quantitative estimate of drug-likeness (QED) is 0.554. The van der Waals surface area contributed by atoms with E-state index in [4.69, 9.17) is 9.47 Å². The first-order valence-corrected chi connectivity index (χ1v) is 9.16. The number of carbonyl (C=O) groups excluding carboxylic acids is 2. The Morgan fingerprint density at radius 1 is 1.03 bits per heavy atom. The van der Waals surface area contributed by atoms with Crippen molar-refractivity contribution in [2.24, 2.45) is 0 Å². The Morgan fingerprint density at radius 2 is 1.69 bits per heavy atom. The van der Waals surface area contributed by atoms with Gasteiger partial charge in [0.05, 0.1) is 11.0 Å². The van der Waals surface area contributed by atoms with Crippen LogP contribution in [0.2, 0.25) is 0 Å². The third kappa shape index (κ3) is 4.84. The lowest BCUT2D eigenvalue weighted by Crippen LogP contribution is -2.31.